The summed E-state index contributed by atoms with van der Waals surface area (Å²) in [5.41, 5.74) is 0.385. The fraction of sp³-hybridized carbons (Fsp3) is 0.500. The van der Waals surface area contributed by atoms with E-state index < -0.39 is 9.05 Å². The Morgan fingerprint density at radius 1 is 1.38 bits per heavy atom. The Balaban J connectivity index is 2.36. The van der Waals surface area contributed by atoms with Crippen molar-refractivity contribution in [1.82, 2.24) is 5.32 Å². The molecule has 1 aliphatic rings. The molecule has 1 amide bonds. The van der Waals surface area contributed by atoms with Crippen molar-refractivity contribution < 1.29 is 13.2 Å². The van der Waals surface area contributed by atoms with Gasteiger partial charge in [0.1, 0.15) is 0 Å². The first-order valence-electron chi connectivity index (χ1n) is 6.76. The second-order valence-electron chi connectivity index (χ2n) is 5.46. The largest absolute Gasteiger partial charge is 0.347 e. The third kappa shape index (κ3) is 3.35. The number of carbonyl (C=O) groups is 1. The van der Waals surface area contributed by atoms with Crippen LogP contribution < -0.4 is 5.32 Å². The molecule has 1 saturated carbocycles. The van der Waals surface area contributed by atoms with E-state index in [1.54, 1.807) is 6.92 Å². The highest BCUT2D eigenvalue weighted by molar-refractivity contribution is 8.13. The van der Waals surface area contributed by atoms with Gasteiger partial charge in [-0.2, -0.15) is 0 Å². The SMILES string of the molecule is CCC1(NC(=O)c2cc(Cl)c(C)c(S(=O)(=O)Cl)c2)CCC1. The quantitative estimate of drug-likeness (QED) is 0.844. The number of benzene rings is 1. The lowest BCUT2D eigenvalue weighted by atomic mass is 9.74. The normalized spacial score (nSPS) is 17.1. The minimum atomic E-state index is -3.95. The first-order chi connectivity index (χ1) is 9.68. The molecule has 1 aromatic carbocycles. The maximum Gasteiger partial charge on any atom is 0.261 e. The molecule has 0 heterocycles. The van der Waals surface area contributed by atoms with E-state index in [9.17, 15) is 13.2 Å². The summed E-state index contributed by atoms with van der Waals surface area (Å²) in [5.74, 6) is -0.319. The molecule has 0 aliphatic heterocycles. The summed E-state index contributed by atoms with van der Waals surface area (Å²) in [4.78, 5) is 12.2. The van der Waals surface area contributed by atoms with Crippen LogP contribution in [0.2, 0.25) is 5.02 Å². The molecule has 2 rings (SSSR count). The number of amides is 1. The Morgan fingerprint density at radius 3 is 2.43 bits per heavy atom. The van der Waals surface area contributed by atoms with Crippen molar-refractivity contribution in [1.29, 1.82) is 0 Å². The van der Waals surface area contributed by atoms with E-state index >= 15 is 0 Å². The minimum absolute atomic E-state index is 0.124. The molecule has 0 spiro atoms. The second-order valence-corrected chi connectivity index (χ2v) is 8.40. The van der Waals surface area contributed by atoms with Crippen LogP contribution in [0.15, 0.2) is 17.0 Å². The van der Waals surface area contributed by atoms with E-state index in [-0.39, 0.29) is 26.9 Å². The van der Waals surface area contributed by atoms with Crippen molar-refractivity contribution >= 4 is 37.2 Å². The Labute approximate surface area is 134 Å². The Hall–Kier alpha value is -0.780. The van der Waals surface area contributed by atoms with Gasteiger partial charge in [-0.25, -0.2) is 8.42 Å². The Morgan fingerprint density at radius 2 is 2.00 bits per heavy atom. The van der Waals surface area contributed by atoms with Crippen LogP contribution in [0.25, 0.3) is 0 Å². The third-order valence-corrected chi connectivity index (χ3v) is 6.03. The summed E-state index contributed by atoms with van der Waals surface area (Å²) in [7, 11) is 1.45. The predicted molar refractivity (Wildman–Crippen MR) is 83.6 cm³/mol. The zero-order valence-corrected chi connectivity index (χ0v) is 14.2. The van der Waals surface area contributed by atoms with Crippen molar-refractivity contribution in [3.05, 3.63) is 28.3 Å². The summed E-state index contributed by atoms with van der Waals surface area (Å²) in [6.07, 6.45) is 3.81. The van der Waals surface area contributed by atoms with Gasteiger partial charge in [0.25, 0.3) is 15.0 Å². The average molecular weight is 350 g/mol. The van der Waals surface area contributed by atoms with Gasteiger partial charge in [-0.3, -0.25) is 4.79 Å². The molecule has 4 nitrogen and oxygen atoms in total. The average Bonchev–Trinajstić information content (AvgIpc) is 2.35. The highest BCUT2D eigenvalue weighted by atomic mass is 35.7. The van der Waals surface area contributed by atoms with Gasteiger partial charge in [0.05, 0.1) is 4.90 Å². The van der Waals surface area contributed by atoms with E-state index in [4.69, 9.17) is 22.3 Å². The third-order valence-electron chi connectivity index (χ3n) is 4.19. The van der Waals surface area contributed by atoms with Crippen LogP contribution in [0.4, 0.5) is 0 Å². The number of hydrogen-bond donors (Lipinski definition) is 1. The molecule has 0 bridgehead atoms. The van der Waals surface area contributed by atoms with Gasteiger partial charge in [0.15, 0.2) is 0 Å². The molecule has 7 heteroatoms. The minimum Gasteiger partial charge on any atom is -0.347 e. The van der Waals surface area contributed by atoms with Crippen molar-refractivity contribution in [3.63, 3.8) is 0 Å². The zero-order valence-electron chi connectivity index (χ0n) is 11.9. The van der Waals surface area contributed by atoms with Crippen LogP contribution in [0.1, 0.15) is 48.5 Å². The van der Waals surface area contributed by atoms with E-state index in [0.717, 1.165) is 25.7 Å². The zero-order chi connectivity index (χ0) is 15.8. The lowest BCUT2D eigenvalue weighted by Crippen LogP contribution is -2.53. The monoisotopic (exact) mass is 349 g/mol. The maximum atomic E-state index is 12.3. The number of hydrogen-bond acceptors (Lipinski definition) is 3. The summed E-state index contributed by atoms with van der Waals surface area (Å²) in [6, 6.07) is 2.75. The van der Waals surface area contributed by atoms with Gasteiger partial charge in [-0.1, -0.05) is 18.5 Å². The lowest BCUT2D eigenvalue weighted by Gasteiger charge is -2.42. The number of carbonyl (C=O) groups excluding carboxylic acids is 1. The molecule has 21 heavy (non-hydrogen) atoms. The van der Waals surface area contributed by atoms with E-state index in [0.29, 0.717) is 5.56 Å². The predicted octanol–water partition coefficient (Wildman–Crippen LogP) is 3.64. The van der Waals surface area contributed by atoms with Gasteiger partial charge in [-0.05, 0) is 50.3 Å². The molecule has 0 radical (unpaired) electrons. The smallest absolute Gasteiger partial charge is 0.261 e. The highest BCUT2D eigenvalue weighted by Crippen LogP contribution is 2.35. The van der Waals surface area contributed by atoms with Crippen molar-refractivity contribution in [2.24, 2.45) is 0 Å². The fourth-order valence-corrected chi connectivity index (χ4v) is 4.02. The van der Waals surface area contributed by atoms with Gasteiger partial charge in [-0.15, -0.1) is 0 Å². The molecule has 1 N–H and O–H groups in total. The molecule has 1 aromatic rings. The van der Waals surface area contributed by atoms with Crippen LogP contribution in [0.3, 0.4) is 0 Å². The number of rotatable bonds is 4. The standard InChI is InChI=1S/C14H17Cl2NO3S/c1-3-14(5-4-6-14)17-13(18)10-7-11(15)9(2)12(8-10)21(16,19)20/h7-8H,3-6H2,1-2H3,(H,17,18). The Bertz CT molecular complexity index is 676. The molecule has 0 atom stereocenters. The van der Waals surface area contributed by atoms with Gasteiger partial charge >= 0.3 is 0 Å². The van der Waals surface area contributed by atoms with E-state index in [1.165, 1.54) is 12.1 Å². The van der Waals surface area contributed by atoms with E-state index in [2.05, 4.69) is 5.32 Å². The Kier molecular flexibility index (Phi) is 4.57. The second kappa shape index (κ2) is 5.78. The van der Waals surface area contributed by atoms with Gasteiger partial charge < -0.3 is 5.32 Å². The molecule has 1 aliphatic carbocycles. The molecule has 0 aromatic heterocycles. The van der Waals surface area contributed by atoms with Gasteiger partial charge in [0.2, 0.25) is 0 Å². The van der Waals surface area contributed by atoms with Crippen LogP contribution >= 0.6 is 22.3 Å². The number of nitrogens with one attached hydrogen (secondary N) is 1. The molecule has 116 valence electrons. The van der Waals surface area contributed by atoms with Crippen LogP contribution in [-0.4, -0.2) is 19.9 Å². The van der Waals surface area contributed by atoms with Crippen LogP contribution in [0.5, 0.6) is 0 Å². The molecular weight excluding hydrogens is 333 g/mol. The fourth-order valence-electron chi connectivity index (χ4n) is 2.52. The van der Waals surface area contributed by atoms with Crippen LogP contribution in [-0.2, 0) is 9.05 Å². The topological polar surface area (TPSA) is 63.2 Å². The maximum absolute atomic E-state index is 12.3. The van der Waals surface area contributed by atoms with Crippen molar-refractivity contribution in [2.75, 3.05) is 0 Å². The summed E-state index contributed by atoms with van der Waals surface area (Å²) < 4.78 is 23.1. The van der Waals surface area contributed by atoms with Gasteiger partial charge in [0, 0.05) is 26.8 Å². The van der Waals surface area contributed by atoms with E-state index in [1.807, 2.05) is 6.92 Å². The van der Waals surface area contributed by atoms with Crippen LogP contribution in [0, 0.1) is 6.92 Å². The van der Waals surface area contributed by atoms with Crippen molar-refractivity contribution in [2.45, 2.75) is 50.0 Å². The molecule has 0 unspecified atom stereocenters. The first-order valence-corrected chi connectivity index (χ1v) is 9.44. The van der Waals surface area contributed by atoms with Crippen molar-refractivity contribution in [3.8, 4) is 0 Å². The summed E-state index contributed by atoms with van der Waals surface area (Å²) in [6.45, 7) is 3.58. The highest BCUT2D eigenvalue weighted by Gasteiger charge is 2.36. The summed E-state index contributed by atoms with van der Waals surface area (Å²) >= 11 is 6.02. The molecule has 0 saturated heterocycles. The molecular formula is C14H17Cl2NO3S. The number of halogens is 2. The lowest BCUT2D eigenvalue weighted by molar-refractivity contribution is 0.0820. The molecule has 1 fully saturated rings. The first kappa shape index (κ1) is 16.6. The summed E-state index contributed by atoms with van der Waals surface area (Å²) in [5, 5.41) is 3.19.